The number of phenolic OH excluding ortho intramolecular Hbond substituents is 1. The van der Waals surface area contributed by atoms with Crippen molar-refractivity contribution in [2.24, 2.45) is 0 Å². The van der Waals surface area contributed by atoms with Gasteiger partial charge in [0.25, 0.3) is 0 Å². The third-order valence-electron chi connectivity index (χ3n) is 4.86. The van der Waals surface area contributed by atoms with Gasteiger partial charge in [-0.3, -0.25) is 0 Å². The number of fused-ring (bicyclic) bond motifs is 5. The van der Waals surface area contributed by atoms with Crippen LogP contribution in [0.4, 0.5) is 4.39 Å². The van der Waals surface area contributed by atoms with E-state index in [4.69, 9.17) is 4.74 Å². The number of methoxy groups -OCH3 is 1. The molecule has 0 amide bonds. The van der Waals surface area contributed by atoms with Crippen LogP contribution < -0.4 is 0 Å². The Kier molecular flexibility index (Phi) is 3.61. The highest BCUT2D eigenvalue weighted by Crippen LogP contribution is 2.42. The van der Waals surface area contributed by atoms with Crippen LogP contribution in [0.5, 0.6) is 5.75 Å². The Hall–Kier alpha value is -2.34. The largest absolute Gasteiger partial charge is 0.507 e. The van der Waals surface area contributed by atoms with E-state index < -0.39 is 5.97 Å². The molecular weight excluding hydrogens is 389 g/mol. The van der Waals surface area contributed by atoms with Gasteiger partial charge in [-0.1, -0.05) is 15.9 Å². The number of phenols is 1. The van der Waals surface area contributed by atoms with E-state index in [1.54, 1.807) is 19.1 Å². The van der Waals surface area contributed by atoms with Crippen molar-refractivity contribution in [3.8, 4) is 17.0 Å². The van der Waals surface area contributed by atoms with Crippen molar-refractivity contribution < 1.29 is 19.0 Å². The second-order valence-corrected chi connectivity index (χ2v) is 7.07. The molecule has 0 bridgehead atoms. The number of aromatic nitrogens is 1. The molecule has 0 spiro atoms. The summed E-state index contributed by atoms with van der Waals surface area (Å²) < 4.78 is 20.1. The number of carbonyl (C=O) groups excluding carboxylic acids is 1. The van der Waals surface area contributed by atoms with Crippen LogP contribution in [0.3, 0.4) is 0 Å². The maximum absolute atomic E-state index is 14.6. The van der Waals surface area contributed by atoms with Gasteiger partial charge in [0, 0.05) is 21.0 Å². The minimum atomic E-state index is -0.576. The fourth-order valence-corrected chi connectivity index (χ4v) is 3.91. The zero-order valence-corrected chi connectivity index (χ0v) is 15.3. The van der Waals surface area contributed by atoms with Gasteiger partial charge in [-0.05, 0) is 49.1 Å². The molecule has 2 N–H and O–H groups in total. The van der Waals surface area contributed by atoms with Crippen molar-refractivity contribution in [2.45, 2.75) is 19.8 Å². The average Bonchev–Trinajstić information content (AvgIpc) is 2.97. The number of aryl methyl sites for hydroxylation is 2. The molecule has 6 heteroatoms. The Morgan fingerprint density at radius 3 is 2.80 bits per heavy atom. The van der Waals surface area contributed by atoms with Crippen LogP contribution in [0.25, 0.3) is 22.2 Å². The van der Waals surface area contributed by atoms with Gasteiger partial charge in [-0.15, -0.1) is 0 Å². The predicted molar refractivity (Wildman–Crippen MR) is 96.5 cm³/mol. The average molecular weight is 404 g/mol. The first kappa shape index (κ1) is 16.1. The number of ether oxygens (including phenoxy) is 1. The second kappa shape index (κ2) is 5.59. The molecule has 1 aliphatic carbocycles. The van der Waals surface area contributed by atoms with Crippen molar-refractivity contribution in [2.75, 3.05) is 7.11 Å². The summed E-state index contributed by atoms with van der Waals surface area (Å²) in [6.45, 7) is 1.72. The molecule has 25 heavy (non-hydrogen) atoms. The molecule has 0 atom stereocenters. The predicted octanol–water partition coefficient (Wildman–Crippen LogP) is 4.64. The molecule has 1 aliphatic rings. The lowest BCUT2D eigenvalue weighted by Gasteiger charge is -2.18. The van der Waals surface area contributed by atoms with E-state index in [0.717, 1.165) is 38.7 Å². The molecule has 0 aliphatic heterocycles. The molecular formula is C19H15BrFNO3. The second-order valence-electron chi connectivity index (χ2n) is 6.22. The van der Waals surface area contributed by atoms with E-state index in [1.165, 1.54) is 7.11 Å². The summed E-state index contributed by atoms with van der Waals surface area (Å²) in [4.78, 5) is 15.0. The maximum atomic E-state index is 14.6. The van der Waals surface area contributed by atoms with Gasteiger partial charge >= 0.3 is 5.97 Å². The smallest absolute Gasteiger partial charge is 0.341 e. The fourth-order valence-electron chi connectivity index (χ4n) is 3.51. The molecule has 0 radical (unpaired) electrons. The lowest BCUT2D eigenvalue weighted by atomic mass is 9.87. The first-order valence-corrected chi connectivity index (χ1v) is 8.65. The summed E-state index contributed by atoms with van der Waals surface area (Å²) in [5, 5.41) is 11.1. The lowest BCUT2D eigenvalue weighted by Crippen LogP contribution is -2.07. The third kappa shape index (κ3) is 2.28. The Morgan fingerprint density at radius 2 is 2.08 bits per heavy atom. The van der Waals surface area contributed by atoms with Crippen LogP contribution in [0, 0.1) is 12.7 Å². The SMILES string of the molecule is COC(=O)c1cc2c(cc1O)-c1[nH]c3c(F)c(C)c(Br)cc3c1CC2. The van der Waals surface area contributed by atoms with E-state index in [1.807, 2.05) is 6.07 Å². The van der Waals surface area contributed by atoms with Gasteiger partial charge in [0.1, 0.15) is 11.3 Å². The van der Waals surface area contributed by atoms with Gasteiger partial charge in [0.05, 0.1) is 18.3 Å². The van der Waals surface area contributed by atoms with Crippen LogP contribution in [0.1, 0.15) is 27.0 Å². The third-order valence-corrected chi connectivity index (χ3v) is 5.69. The van der Waals surface area contributed by atoms with E-state index in [-0.39, 0.29) is 17.1 Å². The molecule has 0 saturated carbocycles. The van der Waals surface area contributed by atoms with Crippen LogP contribution in [0.15, 0.2) is 22.7 Å². The van der Waals surface area contributed by atoms with Crippen LogP contribution in [-0.2, 0) is 17.6 Å². The van der Waals surface area contributed by atoms with Crippen LogP contribution >= 0.6 is 15.9 Å². The number of hydrogen-bond acceptors (Lipinski definition) is 3. The summed E-state index contributed by atoms with van der Waals surface area (Å²) in [6.07, 6.45) is 1.43. The number of esters is 1. The number of halogens is 2. The van der Waals surface area contributed by atoms with Crippen LogP contribution in [-0.4, -0.2) is 23.2 Å². The Morgan fingerprint density at radius 1 is 1.32 bits per heavy atom. The highest BCUT2D eigenvalue weighted by Gasteiger charge is 2.26. The number of aromatic amines is 1. The Labute approximate surface area is 151 Å². The van der Waals surface area contributed by atoms with Crippen molar-refractivity contribution in [3.05, 3.63) is 50.7 Å². The maximum Gasteiger partial charge on any atom is 0.341 e. The normalized spacial score (nSPS) is 12.8. The molecule has 0 saturated heterocycles. The van der Waals surface area contributed by atoms with Crippen molar-refractivity contribution in [3.63, 3.8) is 0 Å². The summed E-state index contributed by atoms with van der Waals surface area (Å²) in [6, 6.07) is 5.13. The summed E-state index contributed by atoms with van der Waals surface area (Å²) in [5.41, 5.74) is 4.69. The molecule has 1 aromatic heterocycles. The fraction of sp³-hybridized carbons (Fsp3) is 0.211. The molecule has 1 heterocycles. The molecule has 4 rings (SSSR count). The van der Waals surface area contributed by atoms with Gasteiger partial charge in [-0.25, -0.2) is 9.18 Å². The number of nitrogens with one attached hydrogen (secondary N) is 1. The van der Waals surface area contributed by atoms with Crippen LogP contribution in [0.2, 0.25) is 0 Å². The molecule has 3 aromatic rings. The highest BCUT2D eigenvalue weighted by atomic mass is 79.9. The number of H-pyrrole nitrogens is 1. The number of benzene rings is 2. The highest BCUT2D eigenvalue weighted by molar-refractivity contribution is 9.10. The minimum absolute atomic E-state index is 0.144. The van der Waals surface area contributed by atoms with Crippen molar-refractivity contribution in [1.29, 1.82) is 0 Å². The Bertz CT molecular complexity index is 1050. The van der Waals surface area contributed by atoms with Gasteiger partial charge in [0.15, 0.2) is 5.82 Å². The molecule has 0 unspecified atom stereocenters. The van der Waals surface area contributed by atoms with E-state index in [9.17, 15) is 14.3 Å². The molecule has 2 aromatic carbocycles. The van der Waals surface area contributed by atoms with E-state index in [0.29, 0.717) is 17.5 Å². The van der Waals surface area contributed by atoms with E-state index in [2.05, 4.69) is 20.9 Å². The molecule has 4 nitrogen and oxygen atoms in total. The Balaban J connectivity index is 1.98. The summed E-state index contributed by atoms with van der Waals surface area (Å²) >= 11 is 3.41. The minimum Gasteiger partial charge on any atom is -0.507 e. The van der Waals surface area contributed by atoms with Gasteiger partial charge in [-0.2, -0.15) is 0 Å². The number of carbonyl (C=O) groups is 1. The standard InChI is InChI=1S/C19H15BrFNO3/c1-8-14(20)6-12-10-4-3-9-5-13(19(24)25-2)15(23)7-11(9)17(10)22-18(12)16(8)21/h5-7,22-23H,3-4H2,1-2H3. The zero-order chi connectivity index (χ0) is 17.9. The number of aromatic hydroxyl groups is 1. The van der Waals surface area contributed by atoms with Crippen molar-refractivity contribution in [1.82, 2.24) is 4.98 Å². The first-order chi connectivity index (χ1) is 11.9. The number of rotatable bonds is 1. The van der Waals surface area contributed by atoms with E-state index >= 15 is 0 Å². The van der Waals surface area contributed by atoms with Gasteiger partial charge in [0.2, 0.25) is 0 Å². The van der Waals surface area contributed by atoms with Crippen molar-refractivity contribution >= 4 is 32.8 Å². The lowest BCUT2D eigenvalue weighted by molar-refractivity contribution is 0.0597. The number of hydrogen-bond donors (Lipinski definition) is 2. The summed E-state index contributed by atoms with van der Waals surface area (Å²) in [7, 11) is 1.28. The topological polar surface area (TPSA) is 62.3 Å². The van der Waals surface area contributed by atoms with Gasteiger partial charge < -0.3 is 14.8 Å². The monoisotopic (exact) mass is 403 g/mol. The molecule has 0 fully saturated rings. The first-order valence-electron chi connectivity index (χ1n) is 7.86. The zero-order valence-electron chi connectivity index (χ0n) is 13.7. The summed E-state index contributed by atoms with van der Waals surface area (Å²) in [5.74, 6) is -1.00. The quantitative estimate of drug-likeness (QED) is 0.581. The molecule has 128 valence electrons.